The fourth-order valence-corrected chi connectivity index (χ4v) is 2.24. The molecule has 4 nitrogen and oxygen atoms in total. The fourth-order valence-electron chi connectivity index (χ4n) is 2.24. The third kappa shape index (κ3) is 2.70. The molecule has 0 bridgehead atoms. The first kappa shape index (κ1) is 14.6. The molecule has 3 rings (SSSR count). The zero-order valence-electron chi connectivity index (χ0n) is 13.0. The predicted octanol–water partition coefficient (Wildman–Crippen LogP) is 3.28. The minimum atomic E-state index is -0.00920. The van der Waals surface area contributed by atoms with Crippen molar-refractivity contribution < 1.29 is 9.15 Å². The second-order valence-corrected chi connectivity index (χ2v) is 5.71. The highest BCUT2D eigenvalue weighted by atomic mass is 16.5. The molecule has 114 valence electrons. The Kier molecular flexibility index (Phi) is 3.86. The summed E-state index contributed by atoms with van der Waals surface area (Å²) in [7, 11) is 4.03. The van der Waals surface area contributed by atoms with E-state index in [-0.39, 0.29) is 5.43 Å². The molecule has 0 N–H and O–H groups in total. The molecule has 0 fully saturated rings. The van der Waals surface area contributed by atoms with Crippen molar-refractivity contribution in [2.45, 2.75) is 13.0 Å². The standard InChI is InChI=1S/C18H19NO3/c1-12(19(2)3)11-21-13-8-9-15-17(10-13)22-16-7-5-4-6-14(16)18(15)20/h4-10,12H,11H2,1-3H3. The maximum Gasteiger partial charge on any atom is 0.200 e. The van der Waals surface area contributed by atoms with Gasteiger partial charge in [-0.3, -0.25) is 4.79 Å². The van der Waals surface area contributed by atoms with Crippen molar-refractivity contribution >= 4 is 21.9 Å². The van der Waals surface area contributed by atoms with E-state index < -0.39 is 0 Å². The zero-order valence-corrected chi connectivity index (χ0v) is 13.0. The lowest BCUT2D eigenvalue weighted by Gasteiger charge is -2.19. The highest BCUT2D eigenvalue weighted by Gasteiger charge is 2.09. The van der Waals surface area contributed by atoms with Gasteiger partial charge in [0, 0.05) is 12.1 Å². The Morgan fingerprint density at radius 3 is 2.59 bits per heavy atom. The minimum Gasteiger partial charge on any atom is -0.492 e. The number of rotatable bonds is 4. The molecule has 2 aromatic carbocycles. The van der Waals surface area contributed by atoms with E-state index in [1.807, 2.05) is 32.3 Å². The van der Waals surface area contributed by atoms with Gasteiger partial charge in [0.1, 0.15) is 23.5 Å². The normalized spacial score (nSPS) is 12.9. The van der Waals surface area contributed by atoms with Gasteiger partial charge >= 0.3 is 0 Å². The number of fused-ring (bicyclic) bond motifs is 2. The van der Waals surface area contributed by atoms with Gasteiger partial charge in [-0.2, -0.15) is 0 Å². The summed E-state index contributed by atoms with van der Waals surface area (Å²) in [5.41, 5.74) is 1.14. The van der Waals surface area contributed by atoms with Gasteiger partial charge in [-0.05, 0) is 45.3 Å². The van der Waals surface area contributed by atoms with Crippen molar-refractivity contribution in [2.75, 3.05) is 20.7 Å². The Labute approximate surface area is 128 Å². The van der Waals surface area contributed by atoms with Crippen molar-refractivity contribution in [3.63, 3.8) is 0 Å². The first-order valence-corrected chi connectivity index (χ1v) is 7.31. The number of hydrogen-bond donors (Lipinski definition) is 0. The number of benzene rings is 2. The molecule has 4 heteroatoms. The average Bonchev–Trinajstić information content (AvgIpc) is 2.52. The van der Waals surface area contributed by atoms with Gasteiger partial charge < -0.3 is 14.1 Å². The predicted molar refractivity (Wildman–Crippen MR) is 88.6 cm³/mol. The SMILES string of the molecule is CC(COc1ccc2c(=O)c3ccccc3oc2c1)N(C)C. The van der Waals surface area contributed by atoms with E-state index in [9.17, 15) is 4.79 Å². The molecule has 0 aliphatic rings. The summed E-state index contributed by atoms with van der Waals surface area (Å²) < 4.78 is 11.6. The molecule has 0 radical (unpaired) electrons. The Morgan fingerprint density at radius 2 is 1.82 bits per heavy atom. The molecule has 1 heterocycles. The topological polar surface area (TPSA) is 42.7 Å². The van der Waals surface area contributed by atoms with Crippen molar-refractivity contribution in [3.05, 3.63) is 52.7 Å². The molecule has 1 aromatic heterocycles. The van der Waals surface area contributed by atoms with E-state index in [0.717, 1.165) is 0 Å². The lowest BCUT2D eigenvalue weighted by atomic mass is 10.1. The van der Waals surface area contributed by atoms with Crippen LogP contribution in [-0.2, 0) is 0 Å². The van der Waals surface area contributed by atoms with Crippen LogP contribution in [-0.4, -0.2) is 31.6 Å². The Balaban J connectivity index is 1.99. The van der Waals surface area contributed by atoms with Crippen molar-refractivity contribution in [1.82, 2.24) is 4.90 Å². The summed E-state index contributed by atoms with van der Waals surface area (Å²) in [6.45, 7) is 2.67. The summed E-state index contributed by atoms with van der Waals surface area (Å²) in [5.74, 6) is 0.708. The Bertz CT molecular complexity index is 867. The third-order valence-electron chi connectivity index (χ3n) is 3.92. The van der Waals surface area contributed by atoms with Crippen LogP contribution in [0.3, 0.4) is 0 Å². The van der Waals surface area contributed by atoms with Gasteiger partial charge in [0.2, 0.25) is 5.43 Å². The van der Waals surface area contributed by atoms with Crippen molar-refractivity contribution in [2.24, 2.45) is 0 Å². The molecule has 0 spiro atoms. The van der Waals surface area contributed by atoms with Crippen LogP contribution in [0.25, 0.3) is 21.9 Å². The van der Waals surface area contributed by atoms with Crippen LogP contribution in [0.5, 0.6) is 5.75 Å². The van der Waals surface area contributed by atoms with Crippen LogP contribution < -0.4 is 10.2 Å². The van der Waals surface area contributed by atoms with Gasteiger partial charge in [0.05, 0.1) is 10.8 Å². The van der Waals surface area contributed by atoms with Gasteiger partial charge in [-0.1, -0.05) is 12.1 Å². The molecule has 3 aromatic rings. The number of para-hydroxylation sites is 1. The molecule has 0 aliphatic heterocycles. The zero-order chi connectivity index (χ0) is 15.7. The van der Waals surface area contributed by atoms with Crippen LogP contribution in [0.15, 0.2) is 51.7 Å². The summed E-state index contributed by atoms with van der Waals surface area (Å²) in [6.07, 6.45) is 0. The first-order chi connectivity index (χ1) is 10.6. The van der Waals surface area contributed by atoms with Crippen LogP contribution in [0, 0.1) is 0 Å². The number of ether oxygens (including phenoxy) is 1. The van der Waals surface area contributed by atoms with Gasteiger partial charge in [-0.25, -0.2) is 0 Å². The van der Waals surface area contributed by atoms with E-state index in [2.05, 4.69) is 11.8 Å². The maximum absolute atomic E-state index is 12.4. The third-order valence-corrected chi connectivity index (χ3v) is 3.92. The van der Waals surface area contributed by atoms with E-state index in [1.54, 1.807) is 24.3 Å². The van der Waals surface area contributed by atoms with Crippen LogP contribution in [0.4, 0.5) is 0 Å². The molecular weight excluding hydrogens is 278 g/mol. The first-order valence-electron chi connectivity index (χ1n) is 7.31. The van der Waals surface area contributed by atoms with Crippen LogP contribution >= 0.6 is 0 Å². The van der Waals surface area contributed by atoms with E-state index >= 15 is 0 Å². The van der Waals surface area contributed by atoms with Crippen LogP contribution in [0.1, 0.15) is 6.92 Å². The number of likely N-dealkylation sites (N-methyl/N-ethyl adjacent to an activating group) is 1. The monoisotopic (exact) mass is 297 g/mol. The summed E-state index contributed by atoms with van der Waals surface area (Å²) in [6, 6.07) is 13.0. The smallest absolute Gasteiger partial charge is 0.200 e. The number of nitrogens with zero attached hydrogens (tertiary/aromatic N) is 1. The quantitative estimate of drug-likeness (QED) is 0.693. The fraction of sp³-hybridized carbons (Fsp3) is 0.278. The maximum atomic E-state index is 12.4. The van der Waals surface area contributed by atoms with E-state index in [4.69, 9.17) is 9.15 Å². The van der Waals surface area contributed by atoms with E-state index in [0.29, 0.717) is 40.3 Å². The summed E-state index contributed by atoms with van der Waals surface area (Å²) in [4.78, 5) is 14.5. The molecule has 22 heavy (non-hydrogen) atoms. The molecule has 0 aliphatic carbocycles. The van der Waals surface area contributed by atoms with Gasteiger partial charge in [0.25, 0.3) is 0 Å². The largest absolute Gasteiger partial charge is 0.492 e. The molecule has 1 unspecified atom stereocenters. The molecule has 0 saturated carbocycles. The lowest BCUT2D eigenvalue weighted by Crippen LogP contribution is -2.30. The Morgan fingerprint density at radius 1 is 1.09 bits per heavy atom. The van der Waals surface area contributed by atoms with Crippen molar-refractivity contribution in [3.8, 4) is 5.75 Å². The number of hydrogen-bond acceptors (Lipinski definition) is 4. The molecule has 0 saturated heterocycles. The lowest BCUT2D eigenvalue weighted by molar-refractivity contribution is 0.198. The van der Waals surface area contributed by atoms with Gasteiger partial charge in [-0.15, -0.1) is 0 Å². The summed E-state index contributed by atoms with van der Waals surface area (Å²) in [5, 5.41) is 1.18. The van der Waals surface area contributed by atoms with Gasteiger partial charge in [0.15, 0.2) is 0 Å². The molecule has 1 atom stereocenters. The highest BCUT2D eigenvalue weighted by molar-refractivity contribution is 5.90. The second-order valence-electron chi connectivity index (χ2n) is 5.71. The Hall–Kier alpha value is -2.33. The van der Waals surface area contributed by atoms with Crippen molar-refractivity contribution in [1.29, 1.82) is 0 Å². The second kappa shape index (κ2) is 5.81. The molecule has 0 amide bonds. The highest BCUT2D eigenvalue weighted by Crippen LogP contribution is 2.23. The van der Waals surface area contributed by atoms with E-state index in [1.165, 1.54) is 0 Å². The minimum absolute atomic E-state index is 0.00920. The molecular formula is C18H19NO3. The summed E-state index contributed by atoms with van der Waals surface area (Å²) >= 11 is 0. The van der Waals surface area contributed by atoms with Crippen LogP contribution in [0.2, 0.25) is 0 Å². The average molecular weight is 297 g/mol.